The zero-order chi connectivity index (χ0) is 24.9. The number of fused-ring (bicyclic) bond motifs is 1. The molecule has 3 aromatic carbocycles. The van der Waals surface area contributed by atoms with Crippen LogP contribution in [0.3, 0.4) is 0 Å². The number of nitrogens with zero attached hydrogens (tertiary/aromatic N) is 6. The predicted molar refractivity (Wildman–Crippen MR) is 134 cm³/mol. The standard InChI is InChI=1S/C22H16ClN7O4S/c1-34-15-9-10-16(23)19(12-15)26-20-21(27-18-8-3-2-7-17(18)25-20)30(35(32)33)14-6-4-5-13(11-14)22(31)28-29-24/h2-12H,1H3,(H,25,26)(H,32,33). The van der Waals surface area contributed by atoms with Crippen LogP contribution in [0.25, 0.3) is 21.5 Å². The summed E-state index contributed by atoms with van der Waals surface area (Å²) in [6, 6.07) is 17.6. The highest BCUT2D eigenvalue weighted by molar-refractivity contribution is 7.81. The molecule has 1 unspecified atom stereocenters. The van der Waals surface area contributed by atoms with Crippen LogP contribution in [-0.4, -0.2) is 31.7 Å². The number of methoxy groups -OCH3 is 1. The highest BCUT2D eigenvalue weighted by atomic mass is 35.5. The van der Waals surface area contributed by atoms with E-state index in [4.69, 9.17) is 21.9 Å². The molecule has 0 aliphatic heterocycles. The normalized spacial score (nSPS) is 11.4. The van der Waals surface area contributed by atoms with Gasteiger partial charge >= 0.3 is 0 Å². The van der Waals surface area contributed by atoms with Crippen LogP contribution in [0.2, 0.25) is 5.02 Å². The number of rotatable bonds is 7. The van der Waals surface area contributed by atoms with E-state index in [0.717, 1.165) is 4.31 Å². The highest BCUT2D eigenvalue weighted by Crippen LogP contribution is 2.36. The summed E-state index contributed by atoms with van der Waals surface area (Å²) in [7, 11) is 1.51. The molecule has 0 radical (unpaired) electrons. The summed E-state index contributed by atoms with van der Waals surface area (Å²) < 4.78 is 29.0. The number of halogens is 1. The average molecular weight is 510 g/mol. The van der Waals surface area contributed by atoms with Crippen molar-refractivity contribution in [1.82, 2.24) is 9.97 Å². The van der Waals surface area contributed by atoms with Gasteiger partial charge in [0.2, 0.25) is 5.91 Å². The van der Waals surface area contributed by atoms with Gasteiger partial charge in [-0.25, -0.2) is 18.5 Å². The van der Waals surface area contributed by atoms with Crippen molar-refractivity contribution in [3.63, 3.8) is 0 Å². The Morgan fingerprint density at radius 3 is 2.57 bits per heavy atom. The number of hydrogen-bond acceptors (Lipinski definition) is 6. The Labute approximate surface area is 206 Å². The van der Waals surface area contributed by atoms with Gasteiger partial charge in [0.15, 0.2) is 11.6 Å². The maximum Gasteiger partial charge on any atom is 0.268 e. The molecular formula is C22H16ClN7O4S. The zero-order valence-electron chi connectivity index (χ0n) is 18.0. The van der Waals surface area contributed by atoms with Crippen molar-refractivity contribution in [1.29, 1.82) is 0 Å². The second-order valence-electron chi connectivity index (χ2n) is 6.93. The highest BCUT2D eigenvalue weighted by Gasteiger charge is 2.24. The number of amides is 1. The minimum absolute atomic E-state index is 0.0168. The molecule has 11 nitrogen and oxygen atoms in total. The van der Waals surface area contributed by atoms with Gasteiger partial charge in [-0.1, -0.05) is 35.9 Å². The largest absolute Gasteiger partial charge is 0.497 e. The van der Waals surface area contributed by atoms with Crippen LogP contribution in [0.5, 0.6) is 5.75 Å². The molecule has 176 valence electrons. The van der Waals surface area contributed by atoms with E-state index in [2.05, 4.69) is 25.3 Å². The van der Waals surface area contributed by atoms with E-state index in [9.17, 15) is 13.6 Å². The number of aromatic nitrogens is 2. The number of azide groups is 1. The predicted octanol–water partition coefficient (Wildman–Crippen LogP) is 5.76. The molecule has 1 aromatic heterocycles. The number of benzene rings is 3. The summed E-state index contributed by atoms with van der Waals surface area (Å²) in [5.74, 6) is -0.215. The van der Waals surface area contributed by atoms with Crippen LogP contribution in [0, 0.1) is 0 Å². The number of hydrogen-bond donors (Lipinski definition) is 2. The Morgan fingerprint density at radius 2 is 1.89 bits per heavy atom. The van der Waals surface area contributed by atoms with Gasteiger partial charge in [-0.15, -0.1) is 0 Å². The van der Waals surface area contributed by atoms with E-state index >= 15 is 0 Å². The van der Waals surface area contributed by atoms with Crippen LogP contribution < -0.4 is 14.4 Å². The maximum atomic E-state index is 12.5. The second-order valence-corrected chi connectivity index (χ2v) is 8.16. The van der Waals surface area contributed by atoms with Crippen LogP contribution in [0.1, 0.15) is 10.4 Å². The lowest BCUT2D eigenvalue weighted by atomic mass is 10.2. The smallest absolute Gasteiger partial charge is 0.268 e. The summed E-state index contributed by atoms with van der Waals surface area (Å²) in [6.45, 7) is 0. The summed E-state index contributed by atoms with van der Waals surface area (Å²) in [5.41, 5.74) is 10.1. The number of carbonyl (C=O) groups excluding carboxylic acids is 1. The van der Waals surface area contributed by atoms with Crippen molar-refractivity contribution >= 4 is 62.8 Å². The topological polar surface area (TPSA) is 153 Å². The molecule has 35 heavy (non-hydrogen) atoms. The first-order chi connectivity index (χ1) is 16.9. The molecular weight excluding hydrogens is 494 g/mol. The molecule has 1 heterocycles. The fourth-order valence-corrected chi connectivity index (χ4v) is 3.95. The first-order valence-electron chi connectivity index (χ1n) is 9.89. The molecule has 13 heteroatoms. The minimum atomic E-state index is -2.63. The monoisotopic (exact) mass is 509 g/mol. The van der Waals surface area contributed by atoms with Gasteiger partial charge in [0.25, 0.3) is 11.3 Å². The maximum absolute atomic E-state index is 12.5. The number of nitrogens with one attached hydrogen (secondary N) is 1. The van der Waals surface area contributed by atoms with Gasteiger partial charge in [0, 0.05) is 16.5 Å². The molecule has 2 N–H and O–H groups in total. The van der Waals surface area contributed by atoms with E-state index < -0.39 is 17.2 Å². The fourth-order valence-electron chi connectivity index (χ4n) is 3.22. The molecule has 0 saturated carbocycles. The number of carbonyl (C=O) groups is 1. The van der Waals surface area contributed by atoms with Crippen molar-refractivity contribution in [3.8, 4) is 5.75 Å². The summed E-state index contributed by atoms with van der Waals surface area (Å²) >= 11 is 3.72. The number of para-hydroxylation sites is 2. The van der Waals surface area contributed by atoms with Gasteiger partial charge in [-0.05, 0) is 47.0 Å². The van der Waals surface area contributed by atoms with Crippen molar-refractivity contribution in [2.45, 2.75) is 0 Å². The van der Waals surface area contributed by atoms with E-state index in [1.807, 2.05) is 0 Å². The lowest BCUT2D eigenvalue weighted by Gasteiger charge is -2.22. The van der Waals surface area contributed by atoms with Crippen molar-refractivity contribution in [2.24, 2.45) is 5.11 Å². The molecule has 0 bridgehead atoms. The molecule has 0 spiro atoms. The van der Waals surface area contributed by atoms with E-state index in [1.165, 1.54) is 31.4 Å². The van der Waals surface area contributed by atoms with Gasteiger partial charge in [-0.2, -0.15) is 0 Å². The average Bonchev–Trinajstić information content (AvgIpc) is 2.86. The van der Waals surface area contributed by atoms with Crippen LogP contribution in [-0.2, 0) is 11.3 Å². The fraction of sp³-hybridized carbons (Fsp3) is 0.0455. The second kappa shape index (κ2) is 10.4. The third kappa shape index (κ3) is 5.15. The summed E-state index contributed by atoms with van der Waals surface area (Å²) in [4.78, 5) is 23.7. The number of ether oxygens (including phenoxy) is 1. The van der Waals surface area contributed by atoms with E-state index in [1.54, 1.807) is 42.5 Å². The third-order valence-electron chi connectivity index (χ3n) is 4.79. The molecule has 0 aliphatic rings. The van der Waals surface area contributed by atoms with Gasteiger partial charge in [0.05, 0.1) is 34.5 Å². The van der Waals surface area contributed by atoms with Gasteiger partial charge in [0.1, 0.15) is 5.75 Å². The Bertz CT molecular complexity index is 1510. The van der Waals surface area contributed by atoms with Crippen LogP contribution in [0.15, 0.2) is 71.8 Å². The first kappa shape index (κ1) is 23.9. The zero-order valence-corrected chi connectivity index (χ0v) is 19.6. The van der Waals surface area contributed by atoms with Crippen molar-refractivity contribution in [3.05, 3.63) is 87.8 Å². The lowest BCUT2D eigenvalue weighted by Crippen LogP contribution is -2.22. The molecule has 1 amide bonds. The van der Waals surface area contributed by atoms with E-state index in [0.29, 0.717) is 27.5 Å². The quantitative estimate of drug-likeness (QED) is 0.139. The van der Waals surface area contributed by atoms with Crippen LogP contribution in [0.4, 0.5) is 23.0 Å². The van der Waals surface area contributed by atoms with Gasteiger partial charge < -0.3 is 10.1 Å². The summed E-state index contributed by atoms with van der Waals surface area (Å²) in [6.07, 6.45) is 0. The molecule has 1 atom stereocenters. The first-order valence-corrected chi connectivity index (χ1v) is 11.3. The van der Waals surface area contributed by atoms with Crippen LogP contribution >= 0.6 is 11.6 Å². The SMILES string of the molecule is COc1ccc(Cl)c(Nc2nc3ccccc3nc2N(c2cccc(C(=O)N=[N+]=[N-])c2)S(=O)O)c1. The molecule has 0 aliphatic carbocycles. The molecule has 0 saturated heterocycles. The Hall–Kier alpha value is -4.22. The minimum Gasteiger partial charge on any atom is -0.497 e. The Morgan fingerprint density at radius 1 is 1.14 bits per heavy atom. The van der Waals surface area contributed by atoms with Crippen molar-refractivity contribution < 1.29 is 18.3 Å². The Balaban J connectivity index is 1.91. The number of anilines is 4. The molecule has 4 rings (SSSR count). The molecule has 4 aromatic rings. The third-order valence-corrected chi connectivity index (χ3v) is 5.82. The van der Waals surface area contributed by atoms with E-state index in [-0.39, 0.29) is 22.9 Å². The summed E-state index contributed by atoms with van der Waals surface area (Å²) in [5, 5.41) is 6.49. The molecule has 0 fully saturated rings. The Kier molecular flexibility index (Phi) is 7.09. The van der Waals surface area contributed by atoms with Gasteiger partial charge in [-0.3, -0.25) is 9.35 Å². The lowest BCUT2D eigenvalue weighted by molar-refractivity contribution is 0.100. The van der Waals surface area contributed by atoms with Crippen molar-refractivity contribution in [2.75, 3.05) is 16.7 Å².